The van der Waals surface area contributed by atoms with Crippen LogP contribution in [0.15, 0.2) is 24.3 Å². The van der Waals surface area contributed by atoms with Crippen LogP contribution in [-0.2, 0) is 6.18 Å². The van der Waals surface area contributed by atoms with Gasteiger partial charge in [0.15, 0.2) is 0 Å². The molecule has 2 N–H and O–H groups in total. The fraction of sp³-hybridized carbons (Fsp3) is 0.364. The smallest absolute Gasteiger partial charge is 0.336 e. The van der Waals surface area contributed by atoms with Crippen LogP contribution >= 0.6 is 0 Å². The molecule has 2 amide bonds. The van der Waals surface area contributed by atoms with Crippen molar-refractivity contribution in [3.05, 3.63) is 29.8 Å². The van der Waals surface area contributed by atoms with Crippen LogP contribution < -0.4 is 10.6 Å². The first kappa shape index (κ1) is 13.3. The molecule has 0 fully saturated rings. The number of benzene rings is 1. The maximum atomic E-state index is 12.6. The standard InChI is InChI=1S/C11H13F3N2O/c1-7(2)15-10(17)16-9-6-4-3-5-8(9)11(12,13)14/h3-7H,1-2H3,(H2,15,16,17). The van der Waals surface area contributed by atoms with E-state index in [1.807, 2.05) is 0 Å². The van der Waals surface area contributed by atoms with Gasteiger partial charge in [-0.15, -0.1) is 0 Å². The molecule has 0 radical (unpaired) electrons. The van der Waals surface area contributed by atoms with E-state index in [4.69, 9.17) is 0 Å². The Morgan fingerprint density at radius 1 is 1.24 bits per heavy atom. The van der Waals surface area contributed by atoms with Crippen LogP contribution in [0.25, 0.3) is 0 Å². The normalized spacial score (nSPS) is 11.4. The highest BCUT2D eigenvalue weighted by Crippen LogP contribution is 2.34. The zero-order valence-corrected chi connectivity index (χ0v) is 9.43. The number of rotatable bonds is 2. The molecular formula is C11H13F3N2O. The van der Waals surface area contributed by atoms with Crippen molar-refractivity contribution < 1.29 is 18.0 Å². The fourth-order valence-electron chi connectivity index (χ4n) is 1.26. The van der Waals surface area contributed by atoms with E-state index >= 15 is 0 Å². The number of hydrogen-bond acceptors (Lipinski definition) is 1. The quantitative estimate of drug-likeness (QED) is 0.826. The molecule has 0 aliphatic heterocycles. The highest BCUT2D eigenvalue weighted by molar-refractivity contribution is 5.90. The zero-order chi connectivity index (χ0) is 13.1. The van der Waals surface area contributed by atoms with Crippen molar-refractivity contribution >= 4 is 11.7 Å². The van der Waals surface area contributed by atoms with Crippen LogP contribution in [0.2, 0.25) is 0 Å². The van der Waals surface area contributed by atoms with Crippen molar-refractivity contribution in [3.8, 4) is 0 Å². The monoisotopic (exact) mass is 246 g/mol. The summed E-state index contributed by atoms with van der Waals surface area (Å²) in [6, 6.07) is 4.03. The van der Waals surface area contributed by atoms with E-state index in [2.05, 4.69) is 10.6 Å². The summed E-state index contributed by atoms with van der Waals surface area (Å²) in [5.74, 6) is 0. The Hall–Kier alpha value is -1.72. The Balaban J connectivity index is 2.88. The van der Waals surface area contributed by atoms with E-state index in [-0.39, 0.29) is 11.7 Å². The molecule has 1 rings (SSSR count). The first-order chi connectivity index (χ1) is 7.80. The molecule has 0 bridgehead atoms. The van der Waals surface area contributed by atoms with Gasteiger partial charge >= 0.3 is 12.2 Å². The minimum atomic E-state index is -4.48. The van der Waals surface area contributed by atoms with E-state index in [1.165, 1.54) is 18.2 Å². The lowest BCUT2D eigenvalue weighted by Gasteiger charge is -2.15. The number of amides is 2. The molecule has 0 atom stereocenters. The molecule has 1 aromatic carbocycles. The topological polar surface area (TPSA) is 41.1 Å². The molecule has 1 aromatic rings. The summed E-state index contributed by atoms with van der Waals surface area (Å²) in [5, 5.41) is 4.63. The summed E-state index contributed by atoms with van der Waals surface area (Å²) in [4.78, 5) is 11.3. The fourth-order valence-corrected chi connectivity index (χ4v) is 1.26. The van der Waals surface area contributed by atoms with Gasteiger partial charge in [0.1, 0.15) is 0 Å². The lowest BCUT2D eigenvalue weighted by molar-refractivity contribution is -0.136. The summed E-state index contributed by atoms with van der Waals surface area (Å²) < 4.78 is 37.8. The number of para-hydroxylation sites is 1. The highest BCUT2D eigenvalue weighted by Gasteiger charge is 2.33. The van der Waals surface area contributed by atoms with Gasteiger partial charge in [-0.05, 0) is 26.0 Å². The molecule has 17 heavy (non-hydrogen) atoms. The number of carbonyl (C=O) groups is 1. The third-order valence-corrected chi connectivity index (χ3v) is 1.90. The Labute approximate surface area is 97.0 Å². The third-order valence-electron chi connectivity index (χ3n) is 1.90. The SMILES string of the molecule is CC(C)NC(=O)Nc1ccccc1C(F)(F)F. The van der Waals surface area contributed by atoms with Crippen molar-refractivity contribution in [2.75, 3.05) is 5.32 Å². The predicted molar refractivity (Wildman–Crippen MR) is 58.7 cm³/mol. The minimum Gasteiger partial charge on any atom is -0.336 e. The van der Waals surface area contributed by atoms with Gasteiger partial charge in [-0.3, -0.25) is 0 Å². The molecule has 0 aromatic heterocycles. The Morgan fingerprint density at radius 2 is 1.82 bits per heavy atom. The lowest BCUT2D eigenvalue weighted by atomic mass is 10.1. The van der Waals surface area contributed by atoms with Gasteiger partial charge in [-0.1, -0.05) is 12.1 Å². The Bertz CT molecular complexity index is 402. The van der Waals surface area contributed by atoms with Gasteiger partial charge < -0.3 is 10.6 Å². The van der Waals surface area contributed by atoms with Crippen LogP contribution in [0, 0.1) is 0 Å². The molecule has 0 heterocycles. The number of carbonyl (C=O) groups excluding carboxylic acids is 1. The number of halogens is 3. The number of anilines is 1. The van der Waals surface area contributed by atoms with E-state index in [1.54, 1.807) is 13.8 Å². The van der Waals surface area contributed by atoms with Gasteiger partial charge in [0, 0.05) is 6.04 Å². The summed E-state index contributed by atoms with van der Waals surface area (Å²) in [5.41, 5.74) is -1.11. The summed E-state index contributed by atoms with van der Waals surface area (Å²) in [6.07, 6.45) is -4.48. The van der Waals surface area contributed by atoms with Crippen molar-refractivity contribution in [1.29, 1.82) is 0 Å². The summed E-state index contributed by atoms with van der Waals surface area (Å²) >= 11 is 0. The molecule has 0 saturated carbocycles. The molecular weight excluding hydrogens is 233 g/mol. The average Bonchev–Trinajstić information content (AvgIpc) is 2.15. The van der Waals surface area contributed by atoms with Gasteiger partial charge in [-0.25, -0.2) is 4.79 Å². The van der Waals surface area contributed by atoms with Crippen molar-refractivity contribution in [2.45, 2.75) is 26.1 Å². The van der Waals surface area contributed by atoms with Gasteiger partial charge in [-0.2, -0.15) is 13.2 Å². The van der Waals surface area contributed by atoms with Gasteiger partial charge in [0.05, 0.1) is 11.3 Å². The van der Waals surface area contributed by atoms with E-state index < -0.39 is 17.8 Å². The van der Waals surface area contributed by atoms with Crippen molar-refractivity contribution in [1.82, 2.24) is 5.32 Å². The first-order valence-corrected chi connectivity index (χ1v) is 5.04. The largest absolute Gasteiger partial charge is 0.418 e. The molecule has 0 aliphatic rings. The lowest BCUT2D eigenvalue weighted by Crippen LogP contribution is -2.34. The minimum absolute atomic E-state index is 0.145. The molecule has 0 spiro atoms. The van der Waals surface area contributed by atoms with Gasteiger partial charge in [0.2, 0.25) is 0 Å². The number of hydrogen-bond donors (Lipinski definition) is 2. The second-order valence-corrected chi connectivity index (χ2v) is 3.80. The Kier molecular flexibility index (Phi) is 3.98. The van der Waals surface area contributed by atoms with Crippen LogP contribution in [0.1, 0.15) is 19.4 Å². The van der Waals surface area contributed by atoms with Crippen molar-refractivity contribution in [3.63, 3.8) is 0 Å². The van der Waals surface area contributed by atoms with Crippen LogP contribution in [0.5, 0.6) is 0 Å². The maximum Gasteiger partial charge on any atom is 0.418 e. The van der Waals surface area contributed by atoms with Crippen LogP contribution in [0.3, 0.4) is 0 Å². The van der Waals surface area contributed by atoms with E-state index in [0.29, 0.717) is 0 Å². The molecule has 94 valence electrons. The second-order valence-electron chi connectivity index (χ2n) is 3.80. The molecule has 0 aliphatic carbocycles. The number of nitrogens with one attached hydrogen (secondary N) is 2. The number of urea groups is 1. The first-order valence-electron chi connectivity index (χ1n) is 5.04. The second kappa shape index (κ2) is 5.07. The van der Waals surface area contributed by atoms with E-state index in [9.17, 15) is 18.0 Å². The van der Waals surface area contributed by atoms with E-state index in [0.717, 1.165) is 6.07 Å². The highest BCUT2D eigenvalue weighted by atomic mass is 19.4. The van der Waals surface area contributed by atoms with Crippen LogP contribution in [0.4, 0.5) is 23.7 Å². The third kappa shape index (κ3) is 3.97. The zero-order valence-electron chi connectivity index (χ0n) is 9.43. The van der Waals surface area contributed by atoms with Crippen LogP contribution in [-0.4, -0.2) is 12.1 Å². The maximum absolute atomic E-state index is 12.6. The molecule has 6 heteroatoms. The predicted octanol–water partition coefficient (Wildman–Crippen LogP) is 3.24. The summed E-state index contributed by atoms with van der Waals surface area (Å²) in [6.45, 7) is 3.44. The molecule has 3 nitrogen and oxygen atoms in total. The number of alkyl halides is 3. The Morgan fingerprint density at radius 3 is 2.35 bits per heavy atom. The molecule has 0 saturated heterocycles. The molecule has 0 unspecified atom stereocenters. The summed E-state index contributed by atoms with van der Waals surface area (Å²) in [7, 11) is 0. The van der Waals surface area contributed by atoms with Gasteiger partial charge in [0.25, 0.3) is 0 Å². The average molecular weight is 246 g/mol. The van der Waals surface area contributed by atoms with Crippen molar-refractivity contribution in [2.24, 2.45) is 0 Å².